The van der Waals surface area contributed by atoms with Crippen LogP contribution >= 0.6 is 0 Å². The molecule has 1 rings (SSSR count). The first-order valence-corrected chi connectivity index (χ1v) is 4.11. The first-order chi connectivity index (χ1) is 6.27. The molecule has 13 heavy (non-hydrogen) atoms. The topological polar surface area (TPSA) is 38.3 Å². The fraction of sp³-hybridized carbons (Fsp3) is 0.300. The number of hydrogen-bond acceptors (Lipinski definition) is 2. The summed E-state index contributed by atoms with van der Waals surface area (Å²) in [5, 5.41) is 2.68. The van der Waals surface area contributed by atoms with Gasteiger partial charge in [-0.1, -0.05) is 12.1 Å². The summed E-state index contributed by atoms with van der Waals surface area (Å²) in [6.07, 6.45) is 0.699. The lowest BCUT2D eigenvalue weighted by atomic mass is 10.1. The Morgan fingerprint density at radius 1 is 1.54 bits per heavy atom. The molecule has 0 aliphatic carbocycles. The number of amides is 1. The predicted molar refractivity (Wildman–Crippen MR) is 50.6 cm³/mol. The highest BCUT2D eigenvalue weighted by Crippen LogP contribution is 2.17. The van der Waals surface area contributed by atoms with Gasteiger partial charge in [0, 0.05) is 0 Å². The molecule has 0 aromatic heterocycles. The Morgan fingerprint density at radius 2 is 2.31 bits per heavy atom. The van der Waals surface area contributed by atoms with Gasteiger partial charge in [0.15, 0.2) is 0 Å². The van der Waals surface area contributed by atoms with Gasteiger partial charge in [-0.15, -0.1) is 0 Å². The number of rotatable bonds is 4. The molecule has 0 saturated carbocycles. The number of methoxy groups -OCH3 is 1. The minimum atomic E-state index is 0.0209. The van der Waals surface area contributed by atoms with E-state index < -0.39 is 0 Å². The van der Waals surface area contributed by atoms with Gasteiger partial charge in [0.25, 0.3) is 0 Å². The monoisotopic (exact) mass is 179 g/mol. The van der Waals surface area contributed by atoms with Crippen LogP contribution in [-0.4, -0.2) is 13.5 Å². The number of ether oxygens (including phenoxy) is 1. The van der Waals surface area contributed by atoms with E-state index >= 15 is 0 Å². The molecule has 0 heterocycles. The van der Waals surface area contributed by atoms with E-state index in [9.17, 15) is 4.79 Å². The molecule has 0 saturated heterocycles. The maximum absolute atomic E-state index is 10.2. The summed E-state index contributed by atoms with van der Waals surface area (Å²) in [6.45, 7) is 1.92. The fourth-order valence-electron chi connectivity index (χ4n) is 1.11. The molecule has 0 fully saturated rings. The van der Waals surface area contributed by atoms with Crippen LogP contribution < -0.4 is 10.1 Å². The Balaban J connectivity index is 2.81. The molecule has 1 aromatic rings. The molecule has 0 bridgehead atoms. The lowest BCUT2D eigenvalue weighted by Crippen LogP contribution is -2.15. The van der Waals surface area contributed by atoms with Crippen molar-refractivity contribution in [3.05, 3.63) is 29.8 Å². The van der Waals surface area contributed by atoms with Crippen molar-refractivity contribution in [2.45, 2.75) is 13.0 Å². The lowest BCUT2D eigenvalue weighted by molar-refractivity contribution is -0.110. The van der Waals surface area contributed by atoms with Crippen LogP contribution in [0.1, 0.15) is 18.5 Å². The molecule has 1 N–H and O–H groups in total. The molecular weight excluding hydrogens is 166 g/mol. The normalized spacial score (nSPS) is 11.8. The van der Waals surface area contributed by atoms with Gasteiger partial charge < -0.3 is 10.1 Å². The third kappa shape index (κ3) is 2.47. The molecule has 0 spiro atoms. The highest BCUT2D eigenvalue weighted by atomic mass is 16.5. The van der Waals surface area contributed by atoms with Crippen molar-refractivity contribution in [2.24, 2.45) is 0 Å². The van der Waals surface area contributed by atoms with Crippen molar-refractivity contribution in [1.29, 1.82) is 0 Å². The van der Waals surface area contributed by atoms with E-state index in [1.165, 1.54) is 0 Å². The first-order valence-electron chi connectivity index (χ1n) is 4.11. The maximum Gasteiger partial charge on any atom is 0.207 e. The first kappa shape index (κ1) is 9.58. The fourth-order valence-corrected chi connectivity index (χ4v) is 1.11. The van der Waals surface area contributed by atoms with Crippen LogP contribution in [0.25, 0.3) is 0 Å². The van der Waals surface area contributed by atoms with Crippen LogP contribution in [0.15, 0.2) is 24.3 Å². The van der Waals surface area contributed by atoms with Crippen LogP contribution in [0, 0.1) is 0 Å². The van der Waals surface area contributed by atoms with Crippen molar-refractivity contribution < 1.29 is 9.53 Å². The quantitative estimate of drug-likeness (QED) is 0.711. The maximum atomic E-state index is 10.2. The van der Waals surface area contributed by atoms with Crippen LogP contribution in [-0.2, 0) is 4.79 Å². The number of benzene rings is 1. The number of hydrogen-bond donors (Lipinski definition) is 1. The second-order valence-electron chi connectivity index (χ2n) is 2.78. The van der Waals surface area contributed by atoms with Crippen molar-refractivity contribution in [3.8, 4) is 5.75 Å². The number of carbonyl (C=O) groups is 1. The zero-order valence-corrected chi connectivity index (χ0v) is 7.78. The standard InChI is InChI=1S/C10H13NO2/c1-8(11-7-12)9-4-3-5-10(6-9)13-2/h3-8H,1-2H3,(H,11,12). The molecule has 1 atom stereocenters. The molecule has 3 heteroatoms. The zero-order valence-electron chi connectivity index (χ0n) is 7.78. The second-order valence-corrected chi connectivity index (χ2v) is 2.78. The Bertz CT molecular complexity index is 286. The average Bonchev–Trinajstić information content (AvgIpc) is 2.18. The van der Waals surface area contributed by atoms with Gasteiger partial charge in [-0.2, -0.15) is 0 Å². The molecule has 70 valence electrons. The Hall–Kier alpha value is -1.51. The van der Waals surface area contributed by atoms with Crippen molar-refractivity contribution in [3.63, 3.8) is 0 Å². The van der Waals surface area contributed by atoms with Gasteiger partial charge in [-0.3, -0.25) is 4.79 Å². The van der Waals surface area contributed by atoms with Gasteiger partial charge >= 0.3 is 0 Å². The Morgan fingerprint density at radius 3 is 2.92 bits per heavy atom. The van der Waals surface area contributed by atoms with Crippen molar-refractivity contribution in [1.82, 2.24) is 5.32 Å². The average molecular weight is 179 g/mol. The summed E-state index contributed by atoms with van der Waals surface area (Å²) in [5.74, 6) is 0.803. The van der Waals surface area contributed by atoms with Gasteiger partial charge in [0.05, 0.1) is 13.2 Å². The largest absolute Gasteiger partial charge is 0.497 e. The zero-order chi connectivity index (χ0) is 9.68. The van der Waals surface area contributed by atoms with Crippen molar-refractivity contribution >= 4 is 6.41 Å². The molecule has 0 aliphatic rings. The second kappa shape index (κ2) is 4.50. The van der Waals surface area contributed by atoms with E-state index in [1.807, 2.05) is 31.2 Å². The van der Waals surface area contributed by atoms with Crippen LogP contribution in [0.3, 0.4) is 0 Å². The predicted octanol–water partition coefficient (Wildman–Crippen LogP) is 1.50. The minimum absolute atomic E-state index is 0.0209. The van der Waals surface area contributed by atoms with E-state index in [0.717, 1.165) is 11.3 Å². The Labute approximate surface area is 77.7 Å². The summed E-state index contributed by atoms with van der Waals surface area (Å²) in [5.41, 5.74) is 1.03. The van der Waals surface area contributed by atoms with Gasteiger partial charge in [0.1, 0.15) is 5.75 Å². The third-order valence-corrected chi connectivity index (χ3v) is 1.91. The van der Waals surface area contributed by atoms with Crippen LogP contribution in [0.4, 0.5) is 0 Å². The summed E-state index contributed by atoms with van der Waals surface area (Å²) < 4.78 is 5.07. The van der Waals surface area contributed by atoms with E-state index in [0.29, 0.717) is 6.41 Å². The number of carbonyl (C=O) groups excluding carboxylic acids is 1. The highest BCUT2D eigenvalue weighted by Gasteiger charge is 2.03. The summed E-state index contributed by atoms with van der Waals surface area (Å²) in [6, 6.07) is 7.65. The molecule has 0 radical (unpaired) electrons. The molecular formula is C10H13NO2. The Kier molecular flexibility index (Phi) is 3.31. The van der Waals surface area contributed by atoms with E-state index in [4.69, 9.17) is 4.74 Å². The lowest BCUT2D eigenvalue weighted by Gasteiger charge is -2.11. The molecule has 1 aromatic carbocycles. The SMILES string of the molecule is COc1cccc(C(C)NC=O)c1. The number of nitrogens with one attached hydrogen (secondary N) is 1. The minimum Gasteiger partial charge on any atom is -0.497 e. The van der Waals surface area contributed by atoms with Gasteiger partial charge in [-0.05, 0) is 24.6 Å². The summed E-state index contributed by atoms with van der Waals surface area (Å²) in [7, 11) is 1.62. The summed E-state index contributed by atoms with van der Waals surface area (Å²) in [4.78, 5) is 10.2. The van der Waals surface area contributed by atoms with Crippen LogP contribution in [0.2, 0.25) is 0 Å². The third-order valence-electron chi connectivity index (χ3n) is 1.91. The van der Waals surface area contributed by atoms with E-state index in [1.54, 1.807) is 7.11 Å². The highest BCUT2D eigenvalue weighted by molar-refractivity contribution is 5.48. The molecule has 3 nitrogen and oxygen atoms in total. The van der Waals surface area contributed by atoms with Gasteiger partial charge in [-0.25, -0.2) is 0 Å². The van der Waals surface area contributed by atoms with Crippen molar-refractivity contribution in [2.75, 3.05) is 7.11 Å². The van der Waals surface area contributed by atoms with Crippen LogP contribution in [0.5, 0.6) is 5.75 Å². The molecule has 0 aliphatic heterocycles. The smallest absolute Gasteiger partial charge is 0.207 e. The molecule has 1 unspecified atom stereocenters. The summed E-state index contributed by atoms with van der Waals surface area (Å²) >= 11 is 0. The van der Waals surface area contributed by atoms with Gasteiger partial charge in [0.2, 0.25) is 6.41 Å². The molecule has 1 amide bonds. The van der Waals surface area contributed by atoms with E-state index in [2.05, 4.69) is 5.32 Å². The van der Waals surface area contributed by atoms with E-state index in [-0.39, 0.29) is 6.04 Å².